The molecule has 1 aliphatic carbocycles. The van der Waals surface area contributed by atoms with E-state index < -0.39 is 5.54 Å². The number of aryl methyl sites for hydroxylation is 3. The van der Waals surface area contributed by atoms with Crippen molar-refractivity contribution in [1.82, 2.24) is 5.32 Å². The molecule has 6 nitrogen and oxygen atoms in total. The average Bonchev–Trinajstić information content (AvgIpc) is 3.30. The first kappa shape index (κ1) is 34.2. The van der Waals surface area contributed by atoms with Crippen LogP contribution in [0.2, 0.25) is 0 Å². The molecule has 0 atom stereocenters. The molecule has 0 saturated heterocycles. The SMILES string of the molecule is C=C(NC1(C(=C)O)CCCCCCC1)c1sc(/C(=C/C)CC(C)C)cc1NC(=O)Nc1c(C)cc(C)cc1C.CO. The summed E-state index contributed by atoms with van der Waals surface area (Å²) < 4.78 is 0. The maximum Gasteiger partial charge on any atom is 0.323 e. The summed E-state index contributed by atoms with van der Waals surface area (Å²) in [6.07, 6.45) is 10.3. The molecule has 5 N–H and O–H groups in total. The molecule has 1 heterocycles. The van der Waals surface area contributed by atoms with Crippen LogP contribution in [-0.4, -0.2) is 28.9 Å². The number of allylic oxidation sites excluding steroid dienone is 2. The van der Waals surface area contributed by atoms with Crippen LogP contribution in [0, 0.1) is 26.7 Å². The molecule has 2 aromatic rings. The standard InChI is InChI=1S/C33H47N3O2S.CH4O/c1-9-27(17-21(2)3)29-20-28(34-32(38)35-30-23(5)18-22(4)19-24(30)6)31(39-29)25(7)36-33(26(8)37)15-13-11-10-12-14-16-33;1-2/h9,18-21,36-37H,7-8,10-17H2,1-6H3,(H2,34,35,38);2H,1H3/b27-9+;. The van der Waals surface area contributed by atoms with Crippen LogP contribution in [0.5, 0.6) is 0 Å². The lowest BCUT2D eigenvalue weighted by molar-refractivity contribution is 0.227. The molecule has 0 radical (unpaired) electrons. The number of hydrogen-bond acceptors (Lipinski definition) is 5. The summed E-state index contributed by atoms with van der Waals surface area (Å²) in [5.41, 5.74) is 6.09. The Balaban J connectivity index is 0.00000287. The quantitative estimate of drug-likeness (QED) is 0.191. The fraction of sp³-hybridized carbons (Fsp3) is 0.500. The number of carbonyl (C=O) groups is 1. The number of nitrogens with one attached hydrogen (secondary N) is 3. The molecule has 226 valence electrons. The van der Waals surface area contributed by atoms with Crippen LogP contribution in [0.1, 0.15) is 98.6 Å². The molecule has 7 heteroatoms. The Kier molecular flexibility index (Phi) is 13.2. The number of thiophene rings is 1. The van der Waals surface area contributed by atoms with Gasteiger partial charge in [0.05, 0.1) is 16.1 Å². The average molecular weight is 582 g/mol. The summed E-state index contributed by atoms with van der Waals surface area (Å²) in [5.74, 6) is 0.667. The van der Waals surface area contributed by atoms with E-state index in [1.807, 2.05) is 13.8 Å². The van der Waals surface area contributed by atoms with Crippen LogP contribution >= 0.6 is 11.3 Å². The van der Waals surface area contributed by atoms with E-state index in [9.17, 15) is 9.90 Å². The Hall–Kier alpha value is -3.03. The number of rotatable bonds is 9. The van der Waals surface area contributed by atoms with Crippen LogP contribution < -0.4 is 16.0 Å². The lowest BCUT2D eigenvalue weighted by atomic mass is 9.82. The van der Waals surface area contributed by atoms with Gasteiger partial charge in [-0.2, -0.15) is 0 Å². The van der Waals surface area contributed by atoms with Crippen molar-refractivity contribution in [1.29, 1.82) is 0 Å². The third-order valence-corrected chi connectivity index (χ3v) is 8.88. The minimum Gasteiger partial charge on any atom is -0.510 e. The summed E-state index contributed by atoms with van der Waals surface area (Å²) in [6.45, 7) is 20.9. The number of benzene rings is 1. The fourth-order valence-corrected chi connectivity index (χ4v) is 6.77. The topological polar surface area (TPSA) is 93.6 Å². The molecule has 0 spiro atoms. The Labute approximate surface area is 251 Å². The van der Waals surface area contributed by atoms with E-state index >= 15 is 0 Å². The van der Waals surface area contributed by atoms with Crippen LogP contribution in [0.15, 0.2) is 43.2 Å². The molecule has 1 aromatic carbocycles. The van der Waals surface area contributed by atoms with Gasteiger partial charge < -0.3 is 26.2 Å². The molecule has 0 unspecified atom stereocenters. The highest BCUT2D eigenvalue weighted by molar-refractivity contribution is 7.14. The van der Waals surface area contributed by atoms with E-state index in [4.69, 9.17) is 5.11 Å². The summed E-state index contributed by atoms with van der Waals surface area (Å²) >= 11 is 1.62. The Bertz CT molecular complexity index is 1210. The van der Waals surface area contributed by atoms with Gasteiger partial charge in [0.15, 0.2) is 0 Å². The molecule has 41 heavy (non-hydrogen) atoms. The van der Waals surface area contributed by atoms with Crippen molar-refractivity contribution >= 4 is 40.0 Å². The second-order valence-corrected chi connectivity index (χ2v) is 12.6. The van der Waals surface area contributed by atoms with Crippen molar-refractivity contribution in [3.63, 3.8) is 0 Å². The highest BCUT2D eigenvalue weighted by atomic mass is 32.1. The van der Waals surface area contributed by atoms with Gasteiger partial charge in [0.2, 0.25) is 0 Å². The molecular weight excluding hydrogens is 530 g/mol. The summed E-state index contributed by atoms with van der Waals surface area (Å²) in [6, 6.07) is 5.91. The van der Waals surface area contributed by atoms with E-state index in [1.165, 1.54) is 17.6 Å². The maximum atomic E-state index is 13.3. The Morgan fingerprint density at radius 2 is 1.56 bits per heavy atom. The highest BCUT2D eigenvalue weighted by Gasteiger charge is 2.34. The first-order valence-electron chi connectivity index (χ1n) is 14.7. The van der Waals surface area contributed by atoms with Gasteiger partial charge in [-0.3, -0.25) is 0 Å². The lowest BCUT2D eigenvalue weighted by Crippen LogP contribution is -2.46. The van der Waals surface area contributed by atoms with Gasteiger partial charge in [0.25, 0.3) is 0 Å². The van der Waals surface area contributed by atoms with Crippen molar-refractivity contribution in [3.05, 3.63) is 69.6 Å². The Morgan fingerprint density at radius 3 is 2.07 bits per heavy atom. The fourth-order valence-electron chi connectivity index (χ4n) is 5.65. The highest BCUT2D eigenvalue weighted by Crippen LogP contribution is 2.40. The summed E-state index contributed by atoms with van der Waals surface area (Å²) in [5, 5.41) is 27.5. The van der Waals surface area contributed by atoms with Crippen LogP contribution in [-0.2, 0) is 0 Å². The molecule has 0 bridgehead atoms. The van der Waals surface area contributed by atoms with Gasteiger partial charge in [-0.15, -0.1) is 11.3 Å². The van der Waals surface area contributed by atoms with Crippen LogP contribution in [0.25, 0.3) is 11.3 Å². The number of urea groups is 1. The second kappa shape index (κ2) is 15.8. The summed E-state index contributed by atoms with van der Waals surface area (Å²) in [4.78, 5) is 15.3. The zero-order valence-corrected chi connectivity index (χ0v) is 27.0. The van der Waals surface area contributed by atoms with Crippen molar-refractivity contribution in [2.24, 2.45) is 5.92 Å². The zero-order chi connectivity index (χ0) is 30.7. The molecular formula is C34H51N3O3S. The maximum absolute atomic E-state index is 13.3. The molecule has 1 aromatic heterocycles. The van der Waals surface area contributed by atoms with Crippen molar-refractivity contribution < 1.29 is 15.0 Å². The lowest BCUT2D eigenvalue weighted by Gasteiger charge is -2.37. The number of carbonyl (C=O) groups excluding carboxylic acids is 1. The van der Waals surface area contributed by atoms with Crippen molar-refractivity contribution in [3.8, 4) is 0 Å². The van der Waals surface area contributed by atoms with Crippen molar-refractivity contribution in [2.45, 2.75) is 98.4 Å². The molecule has 1 saturated carbocycles. The van der Waals surface area contributed by atoms with Gasteiger partial charge in [0.1, 0.15) is 5.76 Å². The summed E-state index contributed by atoms with van der Waals surface area (Å²) in [7, 11) is 1.00. The minimum atomic E-state index is -0.612. The number of hydrogen-bond donors (Lipinski definition) is 5. The Morgan fingerprint density at radius 1 is 1.00 bits per heavy atom. The van der Waals surface area contributed by atoms with Crippen molar-refractivity contribution in [2.75, 3.05) is 17.7 Å². The molecule has 3 rings (SSSR count). The van der Waals surface area contributed by atoms with E-state index in [1.54, 1.807) is 11.3 Å². The number of aliphatic hydroxyl groups is 2. The monoisotopic (exact) mass is 581 g/mol. The van der Waals surface area contributed by atoms with E-state index in [0.717, 1.165) is 78.6 Å². The van der Waals surface area contributed by atoms with Gasteiger partial charge >= 0.3 is 6.03 Å². The first-order valence-corrected chi connectivity index (χ1v) is 15.5. The van der Waals surface area contributed by atoms with Gasteiger partial charge in [0, 0.05) is 23.4 Å². The smallest absolute Gasteiger partial charge is 0.323 e. The zero-order valence-electron chi connectivity index (χ0n) is 26.2. The molecule has 2 amide bonds. The van der Waals surface area contributed by atoms with E-state index in [-0.39, 0.29) is 11.8 Å². The number of aliphatic hydroxyl groups excluding tert-OH is 2. The number of anilines is 2. The largest absolute Gasteiger partial charge is 0.510 e. The van der Waals surface area contributed by atoms with E-state index in [2.05, 4.69) is 81.1 Å². The number of amides is 2. The van der Waals surface area contributed by atoms with Crippen LogP contribution in [0.4, 0.5) is 16.2 Å². The third kappa shape index (κ3) is 9.23. The second-order valence-electron chi connectivity index (χ2n) is 11.5. The third-order valence-electron chi connectivity index (χ3n) is 7.61. The van der Waals surface area contributed by atoms with Gasteiger partial charge in [-0.25, -0.2) is 4.79 Å². The van der Waals surface area contributed by atoms with Gasteiger partial charge in [-0.05, 0) is 75.6 Å². The first-order chi connectivity index (χ1) is 19.5. The molecule has 0 aliphatic heterocycles. The predicted octanol–water partition coefficient (Wildman–Crippen LogP) is 9.49. The van der Waals surface area contributed by atoms with Gasteiger partial charge in [-0.1, -0.05) is 82.9 Å². The minimum absolute atomic E-state index is 0.161. The normalized spacial score (nSPS) is 15.2. The molecule has 1 aliphatic rings. The molecule has 1 fully saturated rings. The van der Waals surface area contributed by atoms with E-state index in [0.29, 0.717) is 17.3 Å². The van der Waals surface area contributed by atoms with Crippen LogP contribution in [0.3, 0.4) is 0 Å². The predicted molar refractivity (Wildman–Crippen MR) is 178 cm³/mol.